The Hall–Kier alpha value is -0.940. The number of likely N-dealkylation sites (N-methyl/N-ethyl adjacent to an activating group) is 1. The van der Waals surface area contributed by atoms with Crippen LogP contribution < -0.4 is 5.32 Å². The van der Waals surface area contributed by atoms with Crippen molar-refractivity contribution in [1.82, 2.24) is 15.5 Å². The van der Waals surface area contributed by atoms with Crippen LogP contribution in [0.25, 0.3) is 0 Å². The molecular formula is C10H19N3O2. The quantitative estimate of drug-likeness (QED) is 0.772. The Labute approximate surface area is 90.2 Å². The van der Waals surface area contributed by atoms with Gasteiger partial charge in [0, 0.05) is 19.1 Å². The first-order chi connectivity index (χ1) is 7.17. The van der Waals surface area contributed by atoms with Crippen LogP contribution in [-0.2, 0) is 11.2 Å². The molecule has 0 aliphatic rings. The summed E-state index contributed by atoms with van der Waals surface area (Å²) in [5, 5.41) is 7.03. The van der Waals surface area contributed by atoms with Gasteiger partial charge in [0.15, 0.2) is 5.82 Å². The average Bonchev–Trinajstić information content (AvgIpc) is 2.66. The fourth-order valence-electron chi connectivity index (χ4n) is 1.21. The summed E-state index contributed by atoms with van der Waals surface area (Å²) >= 11 is 0. The van der Waals surface area contributed by atoms with E-state index in [1.165, 1.54) is 0 Å². The fraction of sp³-hybridized carbons (Fsp3) is 0.800. The van der Waals surface area contributed by atoms with Crippen LogP contribution in [0, 0.1) is 0 Å². The van der Waals surface area contributed by atoms with Crippen molar-refractivity contribution in [2.45, 2.75) is 39.3 Å². The zero-order valence-electron chi connectivity index (χ0n) is 9.78. The molecule has 0 spiro atoms. The van der Waals surface area contributed by atoms with Crippen molar-refractivity contribution >= 4 is 0 Å². The van der Waals surface area contributed by atoms with Gasteiger partial charge in [0.05, 0.1) is 0 Å². The zero-order valence-corrected chi connectivity index (χ0v) is 9.78. The highest BCUT2D eigenvalue weighted by atomic mass is 16.5. The van der Waals surface area contributed by atoms with Gasteiger partial charge in [-0.3, -0.25) is 0 Å². The molecule has 15 heavy (non-hydrogen) atoms. The third-order valence-corrected chi connectivity index (χ3v) is 2.23. The minimum absolute atomic E-state index is 0.124. The minimum atomic E-state index is -0.124. The number of ether oxygens (including phenoxy) is 1. The Morgan fingerprint density at radius 2 is 2.20 bits per heavy atom. The van der Waals surface area contributed by atoms with Gasteiger partial charge in [-0.05, 0) is 27.8 Å². The predicted octanol–water partition coefficient (Wildman–Crippen LogP) is 1.32. The van der Waals surface area contributed by atoms with Crippen molar-refractivity contribution in [3.8, 4) is 0 Å². The maximum atomic E-state index is 5.36. The van der Waals surface area contributed by atoms with Gasteiger partial charge in [-0.15, -0.1) is 0 Å². The molecule has 0 radical (unpaired) electrons. The molecule has 1 aromatic rings. The van der Waals surface area contributed by atoms with Gasteiger partial charge in [0.2, 0.25) is 0 Å². The number of rotatable bonds is 6. The van der Waals surface area contributed by atoms with Crippen molar-refractivity contribution in [2.24, 2.45) is 0 Å². The maximum absolute atomic E-state index is 5.36. The van der Waals surface area contributed by atoms with E-state index in [4.69, 9.17) is 9.26 Å². The number of nitrogens with one attached hydrogen (secondary N) is 1. The first kappa shape index (κ1) is 12.1. The van der Waals surface area contributed by atoms with Gasteiger partial charge in [-0.2, -0.15) is 4.98 Å². The van der Waals surface area contributed by atoms with E-state index in [1.54, 1.807) is 0 Å². The van der Waals surface area contributed by atoms with Crippen LogP contribution in [0.15, 0.2) is 4.52 Å². The Balaban J connectivity index is 2.55. The Morgan fingerprint density at radius 3 is 2.80 bits per heavy atom. The summed E-state index contributed by atoms with van der Waals surface area (Å²) in [5.74, 6) is 1.27. The molecule has 0 saturated heterocycles. The summed E-state index contributed by atoms with van der Waals surface area (Å²) in [7, 11) is 1.91. The van der Waals surface area contributed by atoms with Gasteiger partial charge in [0.25, 0.3) is 5.89 Å². The summed E-state index contributed by atoms with van der Waals surface area (Å²) < 4.78 is 10.5. The largest absolute Gasteiger partial charge is 0.369 e. The molecule has 0 aliphatic heterocycles. The van der Waals surface area contributed by atoms with Gasteiger partial charge < -0.3 is 14.6 Å². The number of aromatic nitrogens is 2. The molecule has 0 fully saturated rings. The van der Waals surface area contributed by atoms with Crippen LogP contribution in [0.1, 0.15) is 38.6 Å². The van der Waals surface area contributed by atoms with E-state index in [2.05, 4.69) is 22.4 Å². The highest BCUT2D eigenvalue weighted by Gasteiger charge is 2.14. The summed E-state index contributed by atoms with van der Waals surface area (Å²) in [6.07, 6.45) is 0.639. The minimum Gasteiger partial charge on any atom is -0.369 e. The second-order valence-corrected chi connectivity index (χ2v) is 3.54. The maximum Gasteiger partial charge on any atom is 0.255 e. The molecule has 1 heterocycles. The van der Waals surface area contributed by atoms with E-state index in [0.717, 1.165) is 12.2 Å². The van der Waals surface area contributed by atoms with E-state index in [1.807, 2.05) is 20.9 Å². The van der Waals surface area contributed by atoms with Crippen LogP contribution in [0.5, 0.6) is 0 Å². The highest BCUT2D eigenvalue weighted by Crippen LogP contribution is 2.14. The van der Waals surface area contributed by atoms with Crippen LogP contribution in [0.2, 0.25) is 0 Å². The standard InChI is InChI=1S/C10H19N3O2/c1-5-14-8(3)10-12-9(13-15-10)6-7(2)11-4/h7-8,11H,5-6H2,1-4H3. The molecule has 5 nitrogen and oxygen atoms in total. The molecule has 0 bridgehead atoms. The molecule has 0 aliphatic carbocycles. The van der Waals surface area contributed by atoms with Crippen molar-refractivity contribution in [1.29, 1.82) is 0 Å². The van der Waals surface area contributed by atoms with Crippen LogP contribution in [0.4, 0.5) is 0 Å². The summed E-state index contributed by atoms with van der Waals surface area (Å²) in [6.45, 7) is 6.56. The van der Waals surface area contributed by atoms with E-state index in [-0.39, 0.29) is 6.10 Å². The first-order valence-corrected chi connectivity index (χ1v) is 5.28. The molecule has 1 N–H and O–H groups in total. The van der Waals surface area contributed by atoms with Gasteiger partial charge in [0.1, 0.15) is 6.10 Å². The van der Waals surface area contributed by atoms with E-state index in [0.29, 0.717) is 18.5 Å². The van der Waals surface area contributed by atoms with Gasteiger partial charge in [-0.25, -0.2) is 0 Å². The lowest BCUT2D eigenvalue weighted by atomic mass is 10.2. The molecule has 1 rings (SSSR count). The summed E-state index contributed by atoms with van der Waals surface area (Å²) in [6, 6.07) is 0.345. The van der Waals surface area contributed by atoms with Crippen molar-refractivity contribution < 1.29 is 9.26 Å². The lowest BCUT2D eigenvalue weighted by molar-refractivity contribution is 0.0519. The monoisotopic (exact) mass is 213 g/mol. The Morgan fingerprint density at radius 1 is 1.47 bits per heavy atom. The molecule has 0 saturated carbocycles. The second-order valence-electron chi connectivity index (χ2n) is 3.54. The topological polar surface area (TPSA) is 60.2 Å². The number of hydrogen-bond donors (Lipinski definition) is 1. The average molecular weight is 213 g/mol. The van der Waals surface area contributed by atoms with E-state index < -0.39 is 0 Å². The predicted molar refractivity (Wildman–Crippen MR) is 56.6 cm³/mol. The number of hydrogen-bond acceptors (Lipinski definition) is 5. The van der Waals surface area contributed by atoms with Gasteiger partial charge in [-0.1, -0.05) is 5.16 Å². The summed E-state index contributed by atoms with van der Waals surface area (Å²) in [5.41, 5.74) is 0. The third-order valence-electron chi connectivity index (χ3n) is 2.23. The van der Waals surface area contributed by atoms with E-state index in [9.17, 15) is 0 Å². The Bertz CT molecular complexity index is 288. The molecular weight excluding hydrogens is 194 g/mol. The van der Waals surface area contributed by atoms with Crippen molar-refractivity contribution in [2.75, 3.05) is 13.7 Å². The van der Waals surface area contributed by atoms with Crippen LogP contribution in [-0.4, -0.2) is 29.8 Å². The van der Waals surface area contributed by atoms with Crippen molar-refractivity contribution in [3.05, 3.63) is 11.7 Å². The van der Waals surface area contributed by atoms with Crippen LogP contribution in [0.3, 0.4) is 0 Å². The molecule has 5 heteroatoms. The van der Waals surface area contributed by atoms with Crippen molar-refractivity contribution in [3.63, 3.8) is 0 Å². The smallest absolute Gasteiger partial charge is 0.255 e. The molecule has 2 atom stereocenters. The lowest BCUT2D eigenvalue weighted by Gasteiger charge is -2.05. The highest BCUT2D eigenvalue weighted by molar-refractivity contribution is 4.91. The fourth-order valence-corrected chi connectivity index (χ4v) is 1.21. The molecule has 0 amide bonds. The third kappa shape index (κ3) is 3.60. The van der Waals surface area contributed by atoms with Crippen LogP contribution >= 0.6 is 0 Å². The molecule has 86 valence electrons. The lowest BCUT2D eigenvalue weighted by Crippen LogP contribution is -2.24. The second kappa shape index (κ2) is 5.82. The SMILES string of the molecule is CCOC(C)c1nc(CC(C)NC)no1. The molecule has 2 unspecified atom stereocenters. The normalized spacial score (nSPS) is 15.2. The first-order valence-electron chi connectivity index (χ1n) is 5.28. The number of nitrogens with zero attached hydrogens (tertiary/aromatic N) is 2. The molecule has 0 aromatic carbocycles. The van der Waals surface area contributed by atoms with Gasteiger partial charge >= 0.3 is 0 Å². The van der Waals surface area contributed by atoms with E-state index >= 15 is 0 Å². The Kier molecular flexibility index (Phi) is 4.71. The summed E-state index contributed by atoms with van der Waals surface area (Å²) in [4.78, 5) is 4.27. The molecule has 1 aromatic heterocycles. The zero-order chi connectivity index (χ0) is 11.3.